The molecule has 1 aliphatic carbocycles. The van der Waals surface area contributed by atoms with E-state index in [1.165, 1.54) is 21.0 Å². The van der Waals surface area contributed by atoms with Gasteiger partial charge in [0.25, 0.3) is 0 Å². The van der Waals surface area contributed by atoms with Gasteiger partial charge in [0.2, 0.25) is 19.8 Å². The van der Waals surface area contributed by atoms with Crippen molar-refractivity contribution in [3.05, 3.63) is 11.6 Å². The van der Waals surface area contributed by atoms with Gasteiger partial charge in [-0.15, -0.1) is 0 Å². The number of carbonyl (C=O) groups excluding carboxylic acids is 2. The Morgan fingerprint density at radius 3 is 2.63 bits per heavy atom. The van der Waals surface area contributed by atoms with Gasteiger partial charge < -0.3 is 36.5 Å². The molecule has 27 heavy (non-hydrogen) atoms. The lowest BCUT2D eigenvalue weighted by molar-refractivity contribution is -0.133. The Bertz CT molecular complexity index is 614. The zero-order chi connectivity index (χ0) is 20.6. The lowest BCUT2D eigenvalue weighted by Crippen LogP contribution is -2.55. The molecule has 4 atom stereocenters. The van der Waals surface area contributed by atoms with Crippen LogP contribution in [0.3, 0.4) is 0 Å². The molecular formula is C15H26BN5O6. The van der Waals surface area contributed by atoms with Crippen molar-refractivity contribution in [1.29, 1.82) is 5.41 Å². The number of aliphatic hydroxyl groups is 1. The molecule has 0 aromatic carbocycles. The van der Waals surface area contributed by atoms with Crippen LogP contribution in [-0.4, -0.2) is 73.3 Å². The van der Waals surface area contributed by atoms with Gasteiger partial charge in [-0.1, -0.05) is 6.08 Å². The van der Waals surface area contributed by atoms with Crippen molar-refractivity contribution in [3.63, 3.8) is 0 Å². The molecule has 0 radical (unpaired) electrons. The number of guanidine groups is 1. The minimum atomic E-state index is -1.11. The fourth-order valence-electron chi connectivity index (χ4n) is 3.07. The van der Waals surface area contributed by atoms with Gasteiger partial charge >= 0.3 is 5.97 Å². The monoisotopic (exact) mass is 383 g/mol. The Balaban J connectivity index is 3.17. The highest BCUT2D eigenvalue weighted by Crippen LogP contribution is 2.30. The number of aliphatic carboxylic acids is 1. The Kier molecular flexibility index (Phi) is 8.75. The van der Waals surface area contributed by atoms with Crippen LogP contribution >= 0.6 is 0 Å². The molecule has 0 fully saturated rings. The van der Waals surface area contributed by atoms with E-state index < -0.39 is 30.1 Å². The number of amides is 2. The molecule has 0 unspecified atom stereocenters. The van der Waals surface area contributed by atoms with Crippen molar-refractivity contribution < 1.29 is 29.3 Å². The number of hydrogen-bond donors (Lipinski definition) is 7. The lowest BCUT2D eigenvalue weighted by Gasteiger charge is -2.34. The Morgan fingerprint density at radius 2 is 2.15 bits per heavy atom. The van der Waals surface area contributed by atoms with Crippen LogP contribution in [0.4, 0.5) is 0 Å². The number of nitrogens with two attached hydrogens (primary N) is 1. The number of ether oxygens (including phenoxy) is 1. The first-order valence-corrected chi connectivity index (χ1v) is 8.44. The predicted octanol–water partition coefficient (Wildman–Crippen LogP) is -3.19. The van der Waals surface area contributed by atoms with Gasteiger partial charge in [0, 0.05) is 37.5 Å². The highest BCUT2D eigenvalue weighted by Gasteiger charge is 2.40. The Hall–Kier alpha value is -2.60. The second kappa shape index (κ2) is 10.5. The van der Waals surface area contributed by atoms with Crippen molar-refractivity contribution in [1.82, 2.24) is 15.9 Å². The summed E-state index contributed by atoms with van der Waals surface area (Å²) in [6, 6.07) is -1.30. The summed E-state index contributed by atoms with van der Waals surface area (Å²) in [6.45, 7) is 0.748. The van der Waals surface area contributed by atoms with E-state index in [-0.39, 0.29) is 49.4 Å². The molecule has 1 rings (SSSR count). The SMILES string of the molecule is BNC(=O)CO[C@@H](CCO)[C@@H](NC(C)=O)[C@@H]1C=C(C(=O)O)C[C@H]1NC(=N)N. The number of carbonyl (C=O) groups is 3. The van der Waals surface area contributed by atoms with E-state index in [4.69, 9.17) is 15.9 Å². The van der Waals surface area contributed by atoms with Gasteiger partial charge in [-0.05, 0) is 6.42 Å². The summed E-state index contributed by atoms with van der Waals surface area (Å²) < 4.78 is 5.58. The summed E-state index contributed by atoms with van der Waals surface area (Å²) in [7, 11) is 1.45. The number of nitrogens with one attached hydrogen (secondary N) is 4. The molecule has 150 valence electrons. The van der Waals surface area contributed by atoms with Crippen LogP contribution in [0.1, 0.15) is 19.8 Å². The van der Waals surface area contributed by atoms with Crippen LogP contribution in [0.15, 0.2) is 11.6 Å². The van der Waals surface area contributed by atoms with Crippen LogP contribution in [0, 0.1) is 11.3 Å². The molecule has 0 aromatic rings. The molecule has 0 heterocycles. The average Bonchev–Trinajstić information content (AvgIpc) is 2.99. The lowest BCUT2D eigenvalue weighted by atomic mass is 9.89. The third-order valence-corrected chi connectivity index (χ3v) is 4.22. The molecule has 0 aromatic heterocycles. The number of hydrogen-bond acceptors (Lipinski definition) is 6. The van der Waals surface area contributed by atoms with E-state index in [9.17, 15) is 24.6 Å². The van der Waals surface area contributed by atoms with Crippen molar-refractivity contribution in [2.75, 3.05) is 13.2 Å². The predicted molar refractivity (Wildman–Crippen MR) is 98.4 cm³/mol. The first-order valence-electron chi connectivity index (χ1n) is 8.44. The zero-order valence-corrected chi connectivity index (χ0v) is 15.3. The largest absolute Gasteiger partial charge is 0.478 e. The summed E-state index contributed by atoms with van der Waals surface area (Å²) in [5.41, 5.74) is 5.51. The first kappa shape index (κ1) is 22.4. The second-order valence-electron chi connectivity index (χ2n) is 6.20. The quantitative estimate of drug-likeness (QED) is 0.117. The third-order valence-electron chi connectivity index (χ3n) is 4.22. The highest BCUT2D eigenvalue weighted by molar-refractivity contribution is 6.14. The van der Waals surface area contributed by atoms with Crippen molar-refractivity contribution >= 4 is 31.7 Å². The van der Waals surface area contributed by atoms with Crippen molar-refractivity contribution in [3.8, 4) is 0 Å². The minimum absolute atomic E-state index is 0.0942. The summed E-state index contributed by atoms with van der Waals surface area (Å²) in [5.74, 6) is -2.79. The summed E-state index contributed by atoms with van der Waals surface area (Å²) >= 11 is 0. The van der Waals surface area contributed by atoms with Gasteiger partial charge in [-0.2, -0.15) is 0 Å². The van der Waals surface area contributed by atoms with Crippen LogP contribution in [0.5, 0.6) is 0 Å². The number of aliphatic hydroxyl groups excluding tert-OH is 1. The summed E-state index contributed by atoms with van der Waals surface area (Å²) in [5, 5.41) is 33.9. The van der Waals surface area contributed by atoms with Crippen LogP contribution in [0.25, 0.3) is 0 Å². The van der Waals surface area contributed by atoms with Gasteiger partial charge in [0.05, 0.1) is 12.1 Å². The average molecular weight is 383 g/mol. The fourth-order valence-corrected chi connectivity index (χ4v) is 3.07. The Labute approximate surface area is 157 Å². The van der Waals surface area contributed by atoms with Crippen LogP contribution in [0.2, 0.25) is 0 Å². The van der Waals surface area contributed by atoms with E-state index in [0.29, 0.717) is 0 Å². The van der Waals surface area contributed by atoms with Gasteiger partial charge in [0.15, 0.2) is 5.96 Å². The summed E-state index contributed by atoms with van der Waals surface area (Å²) in [4.78, 5) is 34.6. The van der Waals surface area contributed by atoms with Gasteiger partial charge in [-0.3, -0.25) is 15.0 Å². The van der Waals surface area contributed by atoms with Crippen LogP contribution < -0.4 is 21.6 Å². The standard InChI is InChI=1S/C15H26BN5O6/c1-7(23)19-13(11(2-3-22)27-6-12(24)21-16)9-4-8(14(25)26)5-10(9)20-15(17)18/h4,9-11,13,22H,2-3,5-6,16H2,1H3,(H,19,23)(H,21,24)(H,25,26)(H4,17,18,20)/t9-,10-,11+,13+/m1/s1. The molecule has 8 N–H and O–H groups in total. The number of rotatable bonds is 10. The molecule has 1 aliphatic rings. The fraction of sp³-hybridized carbons (Fsp3) is 0.600. The molecule has 0 bridgehead atoms. The maximum Gasteiger partial charge on any atom is 0.331 e. The van der Waals surface area contributed by atoms with E-state index in [1.807, 2.05) is 0 Å². The van der Waals surface area contributed by atoms with E-state index in [1.54, 1.807) is 0 Å². The van der Waals surface area contributed by atoms with E-state index >= 15 is 0 Å². The molecule has 0 saturated heterocycles. The first-order chi connectivity index (χ1) is 12.7. The maximum absolute atomic E-state index is 11.7. The normalized spacial score (nSPS) is 20.9. The Morgan fingerprint density at radius 1 is 1.48 bits per heavy atom. The number of carboxylic acids is 1. The van der Waals surface area contributed by atoms with Crippen molar-refractivity contribution in [2.24, 2.45) is 11.7 Å². The van der Waals surface area contributed by atoms with Gasteiger partial charge in [-0.25, -0.2) is 4.79 Å². The molecule has 12 heteroatoms. The molecule has 2 amide bonds. The molecule has 11 nitrogen and oxygen atoms in total. The summed E-state index contributed by atoms with van der Waals surface area (Å²) in [6.07, 6.45) is 0.928. The van der Waals surface area contributed by atoms with Crippen LogP contribution in [-0.2, 0) is 19.1 Å². The minimum Gasteiger partial charge on any atom is -0.478 e. The smallest absolute Gasteiger partial charge is 0.331 e. The zero-order valence-electron chi connectivity index (χ0n) is 15.3. The molecule has 0 spiro atoms. The van der Waals surface area contributed by atoms with E-state index in [0.717, 1.165) is 0 Å². The molecular weight excluding hydrogens is 357 g/mol. The highest BCUT2D eigenvalue weighted by atomic mass is 16.5. The maximum atomic E-state index is 11.7. The van der Waals surface area contributed by atoms with Gasteiger partial charge in [0.1, 0.15) is 6.61 Å². The number of carboxylic acid groups (broad SMARTS) is 1. The second-order valence-corrected chi connectivity index (χ2v) is 6.20. The topological polar surface area (TPSA) is 187 Å². The molecule has 0 saturated carbocycles. The third kappa shape index (κ3) is 6.91. The van der Waals surface area contributed by atoms with Crippen molar-refractivity contribution in [2.45, 2.75) is 38.0 Å². The molecule has 0 aliphatic heterocycles. The van der Waals surface area contributed by atoms with E-state index in [2.05, 4.69) is 15.9 Å².